The number of fused-ring (bicyclic) bond motifs is 1. The molecule has 5 nitrogen and oxygen atoms in total. The summed E-state index contributed by atoms with van der Waals surface area (Å²) in [5, 5.41) is 0. The van der Waals surface area contributed by atoms with E-state index in [0.29, 0.717) is 17.9 Å². The first-order chi connectivity index (χ1) is 9.97. The predicted octanol–water partition coefficient (Wildman–Crippen LogP) is 2.00. The molecule has 21 heavy (non-hydrogen) atoms. The summed E-state index contributed by atoms with van der Waals surface area (Å²) in [6.45, 7) is 2.45. The molecule has 1 unspecified atom stereocenters. The van der Waals surface area contributed by atoms with Gasteiger partial charge in [0.1, 0.15) is 5.75 Å². The van der Waals surface area contributed by atoms with Crippen molar-refractivity contribution in [2.45, 2.75) is 56.0 Å². The van der Waals surface area contributed by atoms with Crippen LogP contribution in [0.1, 0.15) is 49.3 Å². The average Bonchev–Trinajstić information content (AvgIpc) is 2.92. The maximum Gasteiger partial charge on any atom is 0.240 e. The summed E-state index contributed by atoms with van der Waals surface area (Å²) < 4.78 is 33.5. The molecule has 1 aliphatic heterocycles. The number of rotatable bonds is 3. The zero-order valence-electron chi connectivity index (χ0n) is 12.3. The fraction of sp³-hybridized carbons (Fsp3) is 0.600. The van der Waals surface area contributed by atoms with Crippen LogP contribution in [0.15, 0.2) is 17.0 Å². The molecule has 0 aromatic heterocycles. The van der Waals surface area contributed by atoms with Crippen molar-refractivity contribution in [2.24, 2.45) is 5.73 Å². The largest absolute Gasteiger partial charge is 0.493 e. The molecule has 0 radical (unpaired) electrons. The van der Waals surface area contributed by atoms with E-state index in [0.717, 1.165) is 42.6 Å². The maximum atomic E-state index is 12.5. The average molecular weight is 310 g/mol. The maximum absolute atomic E-state index is 12.5. The number of sulfonamides is 1. The van der Waals surface area contributed by atoms with Crippen LogP contribution in [0, 0.1) is 6.92 Å². The van der Waals surface area contributed by atoms with Crippen LogP contribution in [0.25, 0.3) is 0 Å². The van der Waals surface area contributed by atoms with Gasteiger partial charge in [-0.25, -0.2) is 13.1 Å². The first-order valence-corrected chi connectivity index (χ1v) is 9.01. The van der Waals surface area contributed by atoms with E-state index < -0.39 is 10.0 Å². The fourth-order valence-electron chi connectivity index (χ4n) is 3.17. The van der Waals surface area contributed by atoms with Gasteiger partial charge >= 0.3 is 0 Å². The molecule has 3 N–H and O–H groups in total. The van der Waals surface area contributed by atoms with Crippen molar-refractivity contribution in [3.05, 3.63) is 23.3 Å². The second kappa shape index (κ2) is 5.59. The fourth-order valence-corrected chi connectivity index (χ4v) is 4.59. The SMILES string of the molecule is Cc1cc(S(=O)(=O)NC2CCCC2)cc2c1OCCC2N. The Morgan fingerprint density at radius 3 is 2.67 bits per heavy atom. The standard InChI is InChI=1S/C15H22N2O3S/c1-10-8-12(9-13-14(16)6-7-20-15(10)13)21(18,19)17-11-4-2-3-5-11/h8-9,11,14,17H,2-7,16H2,1H3. The molecule has 1 fully saturated rings. The minimum absolute atomic E-state index is 0.0660. The molecule has 1 aromatic carbocycles. The van der Waals surface area contributed by atoms with Gasteiger partial charge in [-0.15, -0.1) is 0 Å². The van der Waals surface area contributed by atoms with Crippen molar-refractivity contribution < 1.29 is 13.2 Å². The van der Waals surface area contributed by atoms with Gasteiger partial charge in [-0.2, -0.15) is 0 Å². The molecular formula is C15H22N2O3S. The number of nitrogens with two attached hydrogens (primary N) is 1. The Hall–Kier alpha value is -1.11. The molecule has 1 saturated carbocycles. The third kappa shape index (κ3) is 2.93. The van der Waals surface area contributed by atoms with E-state index in [2.05, 4.69) is 4.72 Å². The van der Waals surface area contributed by atoms with Gasteiger partial charge in [0.05, 0.1) is 11.5 Å². The van der Waals surface area contributed by atoms with Crippen LogP contribution in [0.2, 0.25) is 0 Å². The Morgan fingerprint density at radius 2 is 1.95 bits per heavy atom. The summed E-state index contributed by atoms with van der Waals surface area (Å²) in [5.41, 5.74) is 7.72. The molecule has 1 atom stereocenters. The molecule has 3 rings (SSSR count). The topological polar surface area (TPSA) is 81.4 Å². The monoisotopic (exact) mass is 310 g/mol. The van der Waals surface area contributed by atoms with Crippen molar-refractivity contribution in [1.29, 1.82) is 0 Å². The number of hydrogen-bond acceptors (Lipinski definition) is 4. The smallest absolute Gasteiger partial charge is 0.240 e. The molecule has 1 aromatic rings. The van der Waals surface area contributed by atoms with Crippen LogP contribution in [0.3, 0.4) is 0 Å². The molecule has 0 bridgehead atoms. The highest BCUT2D eigenvalue weighted by Crippen LogP contribution is 2.35. The molecule has 2 aliphatic rings. The van der Waals surface area contributed by atoms with E-state index in [9.17, 15) is 8.42 Å². The second-order valence-corrected chi connectivity index (χ2v) is 7.72. The second-order valence-electron chi connectivity index (χ2n) is 6.00. The van der Waals surface area contributed by atoms with E-state index in [1.165, 1.54) is 0 Å². The highest BCUT2D eigenvalue weighted by molar-refractivity contribution is 7.89. The highest BCUT2D eigenvalue weighted by Gasteiger charge is 2.27. The summed E-state index contributed by atoms with van der Waals surface area (Å²) in [7, 11) is -3.48. The summed E-state index contributed by atoms with van der Waals surface area (Å²) in [4.78, 5) is 0.298. The van der Waals surface area contributed by atoms with E-state index in [1.54, 1.807) is 12.1 Å². The highest BCUT2D eigenvalue weighted by atomic mass is 32.2. The van der Waals surface area contributed by atoms with Crippen molar-refractivity contribution in [3.8, 4) is 5.75 Å². The van der Waals surface area contributed by atoms with Gasteiger partial charge in [0.2, 0.25) is 10.0 Å². The van der Waals surface area contributed by atoms with Crippen molar-refractivity contribution in [3.63, 3.8) is 0 Å². The van der Waals surface area contributed by atoms with Gasteiger partial charge < -0.3 is 10.5 Å². The first kappa shape index (κ1) is 14.8. The van der Waals surface area contributed by atoms with E-state index in [-0.39, 0.29) is 12.1 Å². The minimum atomic E-state index is -3.48. The van der Waals surface area contributed by atoms with Gasteiger partial charge in [0.15, 0.2) is 0 Å². The minimum Gasteiger partial charge on any atom is -0.493 e. The van der Waals surface area contributed by atoms with Gasteiger partial charge in [-0.05, 0) is 37.5 Å². The number of benzene rings is 1. The van der Waals surface area contributed by atoms with Crippen LogP contribution >= 0.6 is 0 Å². The molecule has 116 valence electrons. The number of hydrogen-bond donors (Lipinski definition) is 2. The predicted molar refractivity (Wildman–Crippen MR) is 80.8 cm³/mol. The van der Waals surface area contributed by atoms with Crippen molar-refractivity contribution >= 4 is 10.0 Å². The number of aryl methyl sites for hydroxylation is 1. The van der Waals surface area contributed by atoms with E-state index >= 15 is 0 Å². The lowest BCUT2D eigenvalue weighted by atomic mass is 9.99. The molecule has 0 amide bonds. The van der Waals surface area contributed by atoms with E-state index in [4.69, 9.17) is 10.5 Å². The quantitative estimate of drug-likeness (QED) is 0.894. The Balaban J connectivity index is 1.94. The zero-order valence-corrected chi connectivity index (χ0v) is 13.1. The van der Waals surface area contributed by atoms with Crippen LogP contribution in [-0.4, -0.2) is 21.1 Å². The van der Waals surface area contributed by atoms with Gasteiger partial charge in [-0.1, -0.05) is 12.8 Å². The van der Waals surface area contributed by atoms with Crippen LogP contribution in [-0.2, 0) is 10.0 Å². The molecule has 6 heteroatoms. The Kier molecular flexibility index (Phi) is 3.94. The van der Waals surface area contributed by atoms with Crippen LogP contribution < -0.4 is 15.2 Å². The molecule has 0 spiro atoms. The molecular weight excluding hydrogens is 288 g/mol. The molecule has 1 heterocycles. The normalized spacial score (nSPS) is 22.9. The Bertz CT molecular complexity index is 637. The first-order valence-electron chi connectivity index (χ1n) is 7.52. The Morgan fingerprint density at radius 1 is 1.24 bits per heavy atom. The van der Waals surface area contributed by atoms with Gasteiger partial charge in [0.25, 0.3) is 0 Å². The molecule has 1 aliphatic carbocycles. The summed E-state index contributed by atoms with van der Waals surface area (Å²) in [6, 6.07) is 3.25. The number of nitrogens with one attached hydrogen (secondary N) is 1. The lowest BCUT2D eigenvalue weighted by molar-refractivity contribution is 0.266. The van der Waals surface area contributed by atoms with Crippen LogP contribution in [0.4, 0.5) is 0 Å². The van der Waals surface area contributed by atoms with Gasteiger partial charge in [-0.3, -0.25) is 0 Å². The lowest BCUT2D eigenvalue weighted by Crippen LogP contribution is -2.33. The summed E-state index contributed by atoms with van der Waals surface area (Å²) in [5.74, 6) is 0.744. The molecule has 0 saturated heterocycles. The van der Waals surface area contributed by atoms with Crippen LogP contribution in [0.5, 0.6) is 5.75 Å². The zero-order chi connectivity index (χ0) is 15.0. The van der Waals surface area contributed by atoms with E-state index in [1.807, 2.05) is 6.92 Å². The summed E-state index contributed by atoms with van der Waals surface area (Å²) >= 11 is 0. The van der Waals surface area contributed by atoms with Gasteiger partial charge in [0, 0.05) is 24.1 Å². The van der Waals surface area contributed by atoms with Crippen molar-refractivity contribution in [1.82, 2.24) is 4.72 Å². The third-order valence-electron chi connectivity index (χ3n) is 4.34. The lowest BCUT2D eigenvalue weighted by Gasteiger charge is -2.25. The Labute approximate surface area is 125 Å². The number of ether oxygens (including phenoxy) is 1. The van der Waals surface area contributed by atoms with Crippen molar-refractivity contribution in [2.75, 3.05) is 6.61 Å². The summed E-state index contributed by atoms with van der Waals surface area (Å²) in [6.07, 6.45) is 4.74. The third-order valence-corrected chi connectivity index (χ3v) is 5.84.